The monoisotopic (exact) mass is 508 g/mol. The highest BCUT2D eigenvalue weighted by molar-refractivity contribution is 5.72. The second-order valence-electron chi connectivity index (χ2n) is 9.61. The fraction of sp³-hybridized carbons (Fsp3) is 0.375. The van der Waals surface area contributed by atoms with E-state index in [1.54, 1.807) is 42.5 Å². The lowest BCUT2D eigenvalue weighted by Crippen LogP contribution is -2.22. The Labute approximate surface area is 218 Å². The minimum absolute atomic E-state index is 0.0227. The van der Waals surface area contributed by atoms with Crippen molar-refractivity contribution in [2.75, 3.05) is 13.2 Å². The predicted octanol–water partition coefficient (Wildman–Crippen LogP) is 9.18. The number of unbranched alkanes of at least 4 members (excludes halogenated alkanes) is 1. The van der Waals surface area contributed by atoms with Crippen molar-refractivity contribution in [2.24, 2.45) is 0 Å². The van der Waals surface area contributed by atoms with Gasteiger partial charge in [0.1, 0.15) is 0 Å². The summed E-state index contributed by atoms with van der Waals surface area (Å²) in [5.41, 5.74) is 2.90. The van der Waals surface area contributed by atoms with E-state index in [2.05, 4.69) is 6.92 Å². The Kier molecular flexibility index (Phi) is 9.45. The molecule has 5 heteroatoms. The van der Waals surface area contributed by atoms with E-state index in [4.69, 9.17) is 9.47 Å². The zero-order valence-corrected chi connectivity index (χ0v) is 21.6. The van der Waals surface area contributed by atoms with Gasteiger partial charge in [-0.2, -0.15) is 0 Å². The Hall–Kier alpha value is -3.05. The average molecular weight is 509 g/mol. The summed E-state index contributed by atoms with van der Waals surface area (Å²) in [7, 11) is 0. The molecule has 3 aromatic rings. The zero-order chi connectivity index (χ0) is 26.2. The molecule has 0 heterocycles. The van der Waals surface area contributed by atoms with E-state index < -0.39 is 17.5 Å². The molecule has 0 unspecified atom stereocenters. The van der Waals surface area contributed by atoms with Gasteiger partial charge in [0, 0.05) is 12.2 Å². The Morgan fingerprint density at radius 2 is 1.51 bits per heavy atom. The van der Waals surface area contributed by atoms with Gasteiger partial charge in [-0.05, 0) is 79.3 Å². The molecule has 0 aromatic heterocycles. The number of rotatable bonds is 10. The van der Waals surface area contributed by atoms with Crippen molar-refractivity contribution in [1.82, 2.24) is 0 Å². The van der Waals surface area contributed by atoms with Gasteiger partial charge >= 0.3 is 0 Å². The second-order valence-corrected chi connectivity index (χ2v) is 9.61. The lowest BCUT2D eigenvalue weighted by atomic mass is 9.82. The largest absolute Gasteiger partial charge is 0.491 e. The Morgan fingerprint density at radius 1 is 0.811 bits per heavy atom. The lowest BCUT2D eigenvalue weighted by molar-refractivity contribution is 0.0230. The lowest BCUT2D eigenvalue weighted by Gasteiger charge is -2.29. The van der Waals surface area contributed by atoms with E-state index in [0.717, 1.165) is 50.7 Å². The molecule has 0 N–H and O–H groups in total. The molecule has 3 aromatic carbocycles. The van der Waals surface area contributed by atoms with Crippen LogP contribution in [0.4, 0.5) is 13.2 Å². The van der Waals surface area contributed by atoms with Crippen molar-refractivity contribution in [3.63, 3.8) is 0 Å². The van der Waals surface area contributed by atoms with Crippen LogP contribution in [0.2, 0.25) is 0 Å². The maximum atomic E-state index is 15.1. The minimum atomic E-state index is -0.799. The van der Waals surface area contributed by atoms with Gasteiger partial charge in [0.15, 0.2) is 23.2 Å². The van der Waals surface area contributed by atoms with Crippen LogP contribution in [-0.2, 0) is 4.74 Å². The van der Waals surface area contributed by atoms with E-state index in [1.165, 1.54) is 6.07 Å². The second kappa shape index (κ2) is 13.0. The summed E-state index contributed by atoms with van der Waals surface area (Å²) in [6.07, 6.45) is 9.43. The van der Waals surface area contributed by atoms with Crippen molar-refractivity contribution < 1.29 is 22.6 Å². The van der Waals surface area contributed by atoms with Crippen LogP contribution in [0, 0.1) is 17.5 Å². The molecule has 0 atom stereocenters. The fourth-order valence-electron chi connectivity index (χ4n) is 4.90. The molecule has 0 spiro atoms. The van der Waals surface area contributed by atoms with E-state index in [-0.39, 0.29) is 23.3 Å². The minimum Gasteiger partial charge on any atom is -0.491 e. The molecule has 0 amide bonds. The van der Waals surface area contributed by atoms with Gasteiger partial charge in [-0.3, -0.25) is 0 Å². The van der Waals surface area contributed by atoms with Gasteiger partial charge in [-0.25, -0.2) is 13.2 Å². The number of ether oxygens (including phenoxy) is 2. The average Bonchev–Trinajstić information content (AvgIpc) is 2.91. The van der Waals surface area contributed by atoms with Crippen LogP contribution in [-0.4, -0.2) is 19.3 Å². The Morgan fingerprint density at radius 3 is 2.19 bits per heavy atom. The summed E-state index contributed by atoms with van der Waals surface area (Å²) in [5.74, 6) is -1.70. The molecule has 2 nitrogen and oxygen atoms in total. The van der Waals surface area contributed by atoms with Crippen LogP contribution in [0.5, 0.6) is 5.75 Å². The number of halogens is 3. The molecule has 0 saturated heterocycles. The molecular weight excluding hydrogens is 473 g/mol. The van der Waals surface area contributed by atoms with Crippen molar-refractivity contribution in [1.29, 1.82) is 0 Å². The van der Waals surface area contributed by atoms with Crippen molar-refractivity contribution in [3.05, 3.63) is 88.7 Å². The summed E-state index contributed by atoms with van der Waals surface area (Å²) >= 11 is 0. The molecular formula is C32H35F3O2. The van der Waals surface area contributed by atoms with Crippen LogP contribution >= 0.6 is 0 Å². The summed E-state index contributed by atoms with van der Waals surface area (Å²) < 4.78 is 55.4. The molecule has 1 aliphatic rings. The fourth-order valence-corrected chi connectivity index (χ4v) is 4.90. The van der Waals surface area contributed by atoms with Crippen molar-refractivity contribution in [3.8, 4) is 16.9 Å². The van der Waals surface area contributed by atoms with Crippen LogP contribution in [0.1, 0.15) is 75.0 Å². The van der Waals surface area contributed by atoms with E-state index in [1.807, 2.05) is 25.1 Å². The number of benzene rings is 3. The summed E-state index contributed by atoms with van der Waals surface area (Å²) in [6.45, 7) is 5.13. The molecule has 196 valence electrons. The Balaban J connectivity index is 1.41. The first-order valence-corrected chi connectivity index (χ1v) is 13.3. The SMILES string of the molecule is CCCCOC1CCC(c2ccc(-c3ccc(/C=C/c4ccc(OCC)c(F)c4)cc3)c(F)c2F)CC1. The molecule has 1 aliphatic carbocycles. The summed E-state index contributed by atoms with van der Waals surface area (Å²) in [6, 6.07) is 15.4. The molecule has 0 aliphatic heterocycles. The van der Waals surface area contributed by atoms with E-state index in [9.17, 15) is 4.39 Å². The zero-order valence-electron chi connectivity index (χ0n) is 21.6. The highest BCUT2D eigenvalue weighted by Crippen LogP contribution is 2.38. The van der Waals surface area contributed by atoms with E-state index in [0.29, 0.717) is 23.3 Å². The first-order chi connectivity index (χ1) is 18.0. The van der Waals surface area contributed by atoms with Crippen LogP contribution in [0.15, 0.2) is 54.6 Å². The van der Waals surface area contributed by atoms with Crippen molar-refractivity contribution >= 4 is 12.2 Å². The number of hydrogen-bond donors (Lipinski definition) is 0. The maximum Gasteiger partial charge on any atom is 0.166 e. The van der Waals surface area contributed by atoms with Crippen LogP contribution in [0.25, 0.3) is 23.3 Å². The smallest absolute Gasteiger partial charge is 0.166 e. The molecule has 37 heavy (non-hydrogen) atoms. The molecule has 0 bridgehead atoms. The summed E-state index contributed by atoms with van der Waals surface area (Å²) in [4.78, 5) is 0. The van der Waals surface area contributed by atoms with Crippen LogP contribution < -0.4 is 4.74 Å². The number of hydrogen-bond acceptors (Lipinski definition) is 2. The van der Waals surface area contributed by atoms with Gasteiger partial charge in [0.25, 0.3) is 0 Å². The van der Waals surface area contributed by atoms with Gasteiger partial charge < -0.3 is 9.47 Å². The Bertz CT molecular complexity index is 1200. The maximum absolute atomic E-state index is 15.1. The molecule has 0 radical (unpaired) electrons. The standard InChI is InChI=1S/C32H35F3O2/c1-3-5-20-37-26-15-13-25(14-16-26)28-18-17-27(31(34)32(28)35)24-11-8-22(9-12-24)6-7-23-10-19-30(36-4-2)29(33)21-23/h6-12,17-19,21,25-26H,3-5,13-16,20H2,1-2H3/b7-6+. The third kappa shape index (κ3) is 6.84. The third-order valence-electron chi connectivity index (χ3n) is 7.02. The normalized spacial score (nSPS) is 17.9. The van der Waals surface area contributed by atoms with Crippen molar-refractivity contribution in [2.45, 2.75) is 64.4 Å². The van der Waals surface area contributed by atoms with Crippen LogP contribution in [0.3, 0.4) is 0 Å². The quantitative estimate of drug-likeness (QED) is 0.201. The van der Waals surface area contributed by atoms with Gasteiger partial charge in [-0.1, -0.05) is 68.0 Å². The first-order valence-electron chi connectivity index (χ1n) is 13.3. The topological polar surface area (TPSA) is 18.5 Å². The van der Waals surface area contributed by atoms with Gasteiger partial charge in [0.05, 0.1) is 12.7 Å². The van der Waals surface area contributed by atoms with Gasteiger partial charge in [0.2, 0.25) is 0 Å². The van der Waals surface area contributed by atoms with Gasteiger partial charge in [-0.15, -0.1) is 0 Å². The molecule has 4 rings (SSSR count). The highest BCUT2D eigenvalue weighted by atomic mass is 19.2. The molecule has 1 saturated carbocycles. The third-order valence-corrected chi connectivity index (χ3v) is 7.02. The highest BCUT2D eigenvalue weighted by Gasteiger charge is 2.26. The van der Waals surface area contributed by atoms with E-state index >= 15 is 8.78 Å². The molecule has 1 fully saturated rings. The predicted molar refractivity (Wildman–Crippen MR) is 144 cm³/mol. The first kappa shape index (κ1) is 27.0. The summed E-state index contributed by atoms with van der Waals surface area (Å²) in [5, 5.41) is 0.